The Hall–Kier alpha value is -1.95. The third-order valence-corrected chi connectivity index (χ3v) is 3.26. The van der Waals surface area contributed by atoms with Gasteiger partial charge >= 0.3 is 5.97 Å². The van der Waals surface area contributed by atoms with Gasteiger partial charge < -0.3 is 20.4 Å². The van der Waals surface area contributed by atoms with Crippen LogP contribution in [0.4, 0.5) is 0 Å². The molecule has 5 heteroatoms. The lowest BCUT2D eigenvalue weighted by molar-refractivity contribution is -0.137. The number of aliphatic hydroxyl groups excluding tert-OH is 3. The lowest BCUT2D eigenvalue weighted by atomic mass is 10.1. The normalized spacial score (nSPS) is 16.6. The van der Waals surface area contributed by atoms with Gasteiger partial charge in [-0.25, -0.2) is 0 Å². The third kappa shape index (κ3) is 15.3. The zero-order valence-electron chi connectivity index (χ0n) is 14.7. The van der Waals surface area contributed by atoms with Gasteiger partial charge in [0.05, 0.1) is 18.3 Å². The van der Waals surface area contributed by atoms with Crippen LogP contribution in [0, 0.1) is 0 Å². The summed E-state index contributed by atoms with van der Waals surface area (Å²) in [5.74, 6) is -0.911. The topological polar surface area (TPSA) is 98.0 Å². The molecule has 25 heavy (non-hydrogen) atoms. The van der Waals surface area contributed by atoms with E-state index in [9.17, 15) is 20.1 Å². The Kier molecular flexibility index (Phi) is 14.4. The zero-order valence-corrected chi connectivity index (χ0v) is 14.7. The Morgan fingerprint density at radius 1 is 0.920 bits per heavy atom. The van der Waals surface area contributed by atoms with Crippen molar-refractivity contribution in [2.24, 2.45) is 0 Å². The minimum Gasteiger partial charge on any atom is -0.481 e. The van der Waals surface area contributed by atoms with E-state index in [0.29, 0.717) is 12.8 Å². The molecule has 0 bridgehead atoms. The lowest BCUT2D eigenvalue weighted by Gasteiger charge is -2.13. The molecule has 0 unspecified atom stereocenters. The summed E-state index contributed by atoms with van der Waals surface area (Å²) in [6.45, 7) is 2.04. The van der Waals surface area contributed by atoms with Crippen LogP contribution in [0.5, 0.6) is 0 Å². The Labute approximate surface area is 150 Å². The second kappa shape index (κ2) is 15.6. The molecule has 140 valence electrons. The molecule has 0 fully saturated rings. The van der Waals surface area contributed by atoms with E-state index in [2.05, 4.69) is 0 Å². The number of hydrogen-bond donors (Lipinski definition) is 4. The van der Waals surface area contributed by atoms with Gasteiger partial charge in [0, 0.05) is 6.42 Å². The summed E-state index contributed by atoms with van der Waals surface area (Å²) in [5, 5.41) is 37.5. The maximum absolute atomic E-state index is 10.4. The minimum absolute atomic E-state index is 0.0186. The predicted molar refractivity (Wildman–Crippen MR) is 100 cm³/mol. The number of aliphatic hydroxyl groups is 3. The number of rotatable bonds is 13. The fraction of sp³-hybridized carbons (Fsp3) is 0.450. The van der Waals surface area contributed by atoms with E-state index in [1.807, 2.05) is 19.1 Å². The molecule has 0 aliphatic carbocycles. The van der Waals surface area contributed by atoms with Crippen molar-refractivity contribution in [3.8, 4) is 0 Å². The Morgan fingerprint density at radius 2 is 1.52 bits per heavy atom. The summed E-state index contributed by atoms with van der Waals surface area (Å²) in [5.41, 5.74) is 0. The van der Waals surface area contributed by atoms with E-state index < -0.39 is 24.3 Å². The fourth-order valence-electron chi connectivity index (χ4n) is 1.87. The quantitative estimate of drug-likeness (QED) is 0.302. The van der Waals surface area contributed by atoms with Gasteiger partial charge in [0.2, 0.25) is 0 Å². The van der Waals surface area contributed by atoms with Crippen molar-refractivity contribution in [3.05, 3.63) is 60.8 Å². The van der Waals surface area contributed by atoms with Crippen LogP contribution in [0.25, 0.3) is 0 Å². The second-order valence-electron chi connectivity index (χ2n) is 5.57. The van der Waals surface area contributed by atoms with Crippen LogP contribution in [0.15, 0.2) is 60.8 Å². The van der Waals surface area contributed by atoms with E-state index in [4.69, 9.17) is 5.11 Å². The van der Waals surface area contributed by atoms with Crippen molar-refractivity contribution in [2.45, 2.75) is 57.3 Å². The average molecular weight is 350 g/mol. The predicted octanol–water partition coefficient (Wildman–Crippen LogP) is 2.91. The molecule has 0 spiro atoms. The first-order valence-corrected chi connectivity index (χ1v) is 8.56. The van der Waals surface area contributed by atoms with Crippen molar-refractivity contribution >= 4 is 5.97 Å². The number of carboxylic acid groups (broad SMARTS) is 1. The molecule has 0 aromatic rings. The third-order valence-electron chi connectivity index (χ3n) is 3.26. The molecule has 0 rings (SSSR count). The highest BCUT2D eigenvalue weighted by atomic mass is 16.4. The van der Waals surface area contributed by atoms with Crippen LogP contribution in [-0.4, -0.2) is 44.7 Å². The molecule has 0 aromatic heterocycles. The summed E-state index contributed by atoms with van der Waals surface area (Å²) in [6, 6.07) is 0. The van der Waals surface area contributed by atoms with Gasteiger partial charge in [-0.3, -0.25) is 4.79 Å². The molecule has 0 saturated carbocycles. The van der Waals surface area contributed by atoms with E-state index in [0.717, 1.165) is 6.42 Å². The molecule has 0 aliphatic heterocycles. The van der Waals surface area contributed by atoms with Gasteiger partial charge in [-0.2, -0.15) is 0 Å². The van der Waals surface area contributed by atoms with Crippen LogP contribution < -0.4 is 0 Å². The highest BCUT2D eigenvalue weighted by Gasteiger charge is 2.12. The highest BCUT2D eigenvalue weighted by molar-refractivity contribution is 5.66. The summed E-state index contributed by atoms with van der Waals surface area (Å²) in [4.78, 5) is 10.4. The van der Waals surface area contributed by atoms with Gasteiger partial charge in [-0.05, 0) is 25.7 Å². The van der Waals surface area contributed by atoms with Crippen molar-refractivity contribution in [1.82, 2.24) is 0 Å². The van der Waals surface area contributed by atoms with Crippen molar-refractivity contribution in [2.75, 3.05) is 0 Å². The second-order valence-corrected chi connectivity index (χ2v) is 5.57. The molecular formula is C20H30O5. The van der Waals surface area contributed by atoms with Crippen molar-refractivity contribution in [3.63, 3.8) is 0 Å². The number of carbonyl (C=O) groups is 1. The molecule has 0 aromatic carbocycles. The standard InChI is InChI=1S/C20H30O5/c1-2-3-8-12-17(21)13-9-6-4-5-7-10-14-18(22)19(23)15-11-16-20(24)25/h3-10,13-14,17-19,21-23H,2,11-12,15-16H2,1H3,(H,24,25)/b6-4+,7-5+,8-3+,13-9+,14-10+/t17-,18-,19-/m0/s1. The first-order valence-electron chi connectivity index (χ1n) is 8.56. The largest absolute Gasteiger partial charge is 0.481 e. The smallest absolute Gasteiger partial charge is 0.303 e. The monoisotopic (exact) mass is 350 g/mol. The number of aliphatic carboxylic acids is 1. The first-order chi connectivity index (χ1) is 12.0. The average Bonchev–Trinajstić information content (AvgIpc) is 2.56. The number of allylic oxidation sites excluding steroid dienone is 7. The van der Waals surface area contributed by atoms with Crippen LogP contribution in [0.3, 0.4) is 0 Å². The molecule has 0 radical (unpaired) electrons. The van der Waals surface area contributed by atoms with E-state index in [1.165, 1.54) is 6.08 Å². The molecule has 0 heterocycles. The number of hydrogen-bond acceptors (Lipinski definition) is 4. The van der Waals surface area contributed by atoms with Gasteiger partial charge in [0.15, 0.2) is 0 Å². The highest BCUT2D eigenvalue weighted by Crippen LogP contribution is 2.06. The van der Waals surface area contributed by atoms with Crippen LogP contribution >= 0.6 is 0 Å². The molecule has 0 aliphatic rings. The maximum atomic E-state index is 10.4. The van der Waals surface area contributed by atoms with Crippen molar-refractivity contribution < 1.29 is 25.2 Å². The van der Waals surface area contributed by atoms with E-state index in [-0.39, 0.29) is 12.8 Å². The van der Waals surface area contributed by atoms with Gasteiger partial charge in [-0.1, -0.05) is 67.7 Å². The van der Waals surface area contributed by atoms with Crippen molar-refractivity contribution in [1.29, 1.82) is 0 Å². The zero-order chi connectivity index (χ0) is 18.9. The molecule has 0 amide bonds. The summed E-state index contributed by atoms with van der Waals surface area (Å²) in [6.07, 6.45) is 17.2. The molecular weight excluding hydrogens is 320 g/mol. The van der Waals surface area contributed by atoms with Crippen LogP contribution in [-0.2, 0) is 4.79 Å². The Bertz CT molecular complexity index is 488. The summed E-state index contributed by atoms with van der Waals surface area (Å²) in [7, 11) is 0. The summed E-state index contributed by atoms with van der Waals surface area (Å²) >= 11 is 0. The molecule has 4 N–H and O–H groups in total. The van der Waals surface area contributed by atoms with Gasteiger partial charge in [0.1, 0.15) is 0 Å². The summed E-state index contributed by atoms with van der Waals surface area (Å²) < 4.78 is 0. The molecule has 0 saturated heterocycles. The maximum Gasteiger partial charge on any atom is 0.303 e. The minimum atomic E-state index is -1.02. The van der Waals surface area contributed by atoms with Gasteiger partial charge in [0.25, 0.3) is 0 Å². The van der Waals surface area contributed by atoms with Crippen LogP contribution in [0.2, 0.25) is 0 Å². The van der Waals surface area contributed by atoms with Gasteiger partial charge in [-0.15, -0.1) is 0 Å². The van der Waals surface area contributed by atoms with Crippen LogP contribution in [0.1, 0.15) is 39.0 Å². The Morgan fingerprint density at radius 3 is 2.12 bits per heavy atom. The first kappa shape index (κ1) is 23.1. The van der Waals surface area contributed by atoms with E-state index in [1.54, 1.807) is 42.5 Å². The molecule has 3 atom stereocenters. The van der Waals surface area contributed by atoms with E-state index >= 15 is 0 Å². The SMILES string of the molecule is CC/C=C/C[C@H](O)/C=C/C=C/C=C/C=C/[C@H](O)[C@@H](O)CCCC(=O)O. The fourth-order valence-corrected chi connectivity index (χ4v) is 1.87. The Balaban J connectivity index is 4.02. The molecule has 5 nitrogen and oxygen atoms in total. The number of carboxylic acids is 1. The lowest BCUT2D eigenvalue weighted by Crippen LogP contribution is -2.23.